The van der Waals surface area contributed by atoms with Crippen LogP contribution < -0.4 is 10.6 Å². The smallest absolute Gasteiger partial charge is 0.251 e. The first-order valence-electron chi connectivity index (χ1n) is 9.00. The third-order valence-electron chi connectivity index (χ3n) is 5.40. The van der Waals surface area contributed by atoms with E-state index in [0.29, 0.717) is 12.1 Å². The minimum absolute atomic E-state index is 0.0250. The lowest BCUT2D eigenvalue weighted by atomic mass is 9.75. The molecule has 130 valence electrons. The molecule has 1 aromatic rings. The van der Waals surface area contributed by atoms with Gasteiger partial charge in [-0.25, -0.2) is 0 Å². The van der Waals surface area contributed by atoms with E-state index in [4.69, 9.17) is 0 Å². The molecule has 2 amide bonds. The summed E-state index contributed by atoms with van der Waals surface area (Å²) in [4.78, 5) is 26.1. The summed E-state index contributed by atoms with van der Waals surface area (Å²) in [6, 6.07) is 7.00. The van der Waals surface area contributed by atoms with Crippen LogP contribution in [-0.2, 0) is 4.79 Å². The van der Waals surface area contributed by atoms with Gasteiger partial charge in [0.1, 0.15) is 0 Å². The van der Waals surface area contributed by atoms with Crippen molar-refractivity contribution >= 4 is 17.5 Å². The van der Waals surface area contributed by atoms with E-state index in [9.17, 15) is 9.59 Å². The second kappa shape index (κ2) is 7.79. The molecule has 1 heterocycles. The van der Waals surface area contributed by atoms with E-state index < -0.39 is 0 Å². The lowest BCUT2D eigenvalue weighted by Gasteiger charge is -2.41. The second-order valence-electron chi connectivity index (χ2n) is 7.03. The molecule has 3 rings (SSSR count). The van der Waals surface area contributed by atoms with Gasteiger partial charge in [0.25, 0.3) is 5.91 Å². The summed E-state index contributed by atoms with van der Waals surface area (Å²) in [6.07, 6.45) is 6.66. The molecule has 1 aliphatic carbocycles. The molecule has 0 spiro atoms. The number of piperidine rings is 1. The van der Waals surface area contributed by atoms with Gasteiger partial charge in [0.05, 0.1) is 6.54 Å². The molecule has 0 bridgehead atoms. The van der Waals surface area contributed by atoms with Crippen LogP contribution in [0.2, 0.25) is 0 Å². The van der Waals surface area contributed by atoms with Crippen LogP contribution >= 0.6 is 0 Å². The van der Waals surface area contributed by atoms with Gasteiger partial charge in [-0.1, -0.05) is 19.3 Å². The predicted octanol–water partition coefficient (Wildman–Crippen LogP) is 2.50. The number of nitrogens with zero attached hydrogens (tertiary/aromatic N) is 1. The number of nitrogens with one attached hydrogen (secondary N) is 2. The third kappa shape index (κ3) is 4.15. The van der Waals surface area contributed by atoms with E-state index in [1.54, 1.807) is 31.3 Å². The Hall–Kier alpha value is -1.88. The number of amides is 2. The number of likely N-dealkylation sites (tertiary alicyclic amines) is 1. The van der Waals surface area contributed by atoms with Gasteiger partial charge in [0, 0.05) is 24.8 Å². The Labute approximate surface area is 143 Å². The average molecular weight is 329 g/mol. The van der Waals surface area contributed by atoms with Crippen LogP contribution in [0.4, 0.5) is 5.69 Å². The topological polar surface area (TPSA) is 61.4 Å². The van der Waals surface area contributed by atoms with Gasteiger partial charge in [0.2, 0.25) is 5.91 Å². The number of hydrogen-bond donors (Lipinski definition) is 2. The number of hydrogen-bond acceptors (Lipinski definition) is 3. The zero-order valence-electron chi connectivity index (χ0n) is 14.4. The van der Waals surface area contributed by atoms with Gasteiger partial charge in [-0.15, -0.1) is 0 Å². The van der Waals surface area contributed by atoms with Crippen LogP contribution in [0.15, 0.2) is 24.3 Å². The highest BCUT2D eigenvalue weighted by atomic mass is 16.2. The van der Waals surface area contributed by atoms with E-state index in [0.717, 1.165) is 30.6 Å². The predicted molar refractivity (Wildman–Crippen MR) is 95.0 cm³/mol. The van der Waals surface area contributed by atoms with Crippen LogP contribution in [-0.4, -0.2) is 43.4 Å². The van der Waals surface area contributed by atoms with Crippen molar-refractivity contribution < 1.29 is 9.59 Å². The maximum Gasteiger partial charge on any atom is 0.251 e. The Kier molecular flexibility index (Phi) is 5.51. The monoisotopic (exact) mass is 329 g/mol. The van der Waals surface area contributed by atoms with Crippen LogP contribution in [0.25, 0.3) is 0 Å². The molecule has 2 atom stereocenters. The molecule has 0 unspecified atom stereocenters. The van der Waals surface area contributed by atoms with Gasteiger partial charge in [-0.2, -0.15) is 0 Å². The van der Waals surface area contributed by atoms with E-state index >= 15 is 0 Å². The van der Waals surface area contributed by atoms with Gasteiger partial charge in [0.15, 0.2) is 0 Å². The van der Waals surface area contributed by atoms with E-state index in [1.807, 2.05) is 0 Å². The van der Waals surface area contributed by atoms with Crippen molar-refractivity contribution in [2.75, 3.05) is 32.0 Å². The molecular formula is C19H27N3O2. The Morgan fingerprint density at radius 3 is 2.50 bits per heavy atom. The lowest BCUT2D eigenvalue weighted by molar-refractivity contribution is -0.118. The molecule has 2 fully saturated rings. The molecule has 24 heavy (non-hydrogen) atoms. The standard InChI is InChI=1S/C19H27N3O2/c1-20-19(24)15-6-8-17(9-7-15)21-18(23)13-22-11-10-14-4-2-3-5-16(14)12-22/h6-9,14,16H,2-5,10-13H2,1H3,(H,20,24)(H,21,23)/t14-,16-/m1/s1. The summed E-state index contributed by atoms with van der Waals surface area (Å²) in [5, 5.41) is 5.52. The zero-order valence-corrected chi connectivity index (χ0v) is 14.4. The van der Waals surface area contributed by atoms with Crippen LogP contribution in [0.1, 0.15) is 42.5 Å². The first-order chi connectivity index (χ1) is 11.7. The SMILES string of the molecule is CNC(=O)c1ccc(NC(=O)CN2CC[C@H]3CCCC[C@@H]3C2)cc1. The number of benzene rings is 1. The number of rotatable bonds is 4. The third-order valence-corrected chi connectivity index (χ3v) is 5.40. The Morgan fingerprint density at radius 1 is 1.08 bits per heavy atom. The largest absolute Gasteiger partial charge is 0.355 e. The minimum Gasteiger partial charge on any atom is -0.355 e. The maximum atomic E-state index is 12.3. The van der Waals surface area contributed by atoms with Crippen molar-refractivity contribution in [1.82, 2.24) is 10.2 Å². The van der Waals surface area contributed by atoms with Gasteiger partial charge < -0.3 is 10.6 Å². The number of fused-ring (bicyclic) bond motifs is 1. The quantitative estimate of drug-likeness (QED) is 0.892. The highest BCUT2D eigenvalue weighted by molar-refractivity contribution is 5.96. The van der Waals surface area contributed by atoms with E-state index in [-0.39, 0.29) is 11.8 Å². The molecule has 1 saturated heterocycles. The Bertz CT molecular complexity index is 585. The van der Waals surface area contributed by atoms with Crippen molar-refractivity contribution in [1.29, 1.82) is 0 Å². The first kappa shape index (κ1) is 17.0. The summed E-state index contributed by atoms with van der Waals surface area (Å²) in [6.45, 7) is 2.55. The van der Waals surface area contributed by atoms with E-state index in [2.05, 4.69) is 15.5 Å². The first-order valence-corrected chi connectivity index (χ1v) is 9.00. The fraction of sp³-hybridized carbons (Fsp3) is 0.579. The van der Waals surface area contributed by atoms with Crippen LogP contribution in [0, 0.1) is 11.8 Å². The molecule has 5 heteroatoms. The normalized spacial score (nSPS) is 24.0. The summed E-state index contributed by atoms with van der Waals surface area (Å²) in [5.41, 5.74) is 1.33. The molecule has 2 aliphatic rings. The van der Waals surface area contributed by atoms with Crippen molar-refractivity contribution in [2.45, 2.75) is 32.1 Å². The molecule has 2 N–H and O–H groups in total. The molecule has 0 aromatic heterocycles. The van der Waals surface area contributed by atoms with Crippen molar-refractivity contribution in [2.24, 2.45) is 11.8 Å². The summed E-state index contributed by atoms with van der Waals surface area (Å²) in [5.74, 6) is 1.57. The fourth-order valence-corrected chi connectivity index (χ4v) is 4.07. The van der Waals surface area contributed by atoms with Gasteiger partial charge in [-0.3, -0.25) is 14.5 Å². The Morgan fingerprint density at radius 2 is 1.79 bits per heavy atom. The lowest BCUT2D eigenvalue weighted by Crippen LogP contribution is -2.44. The molecule has 5 nitrogen and oxygen atoms in total. The highest BCUT2D eigenvalue weighted by Crippen LogP contribution is 2.35. The Balaban J connectivity index is 1.49. The van der Waals surface area contributed by atoms with Crippen LogP contribution in [0.3, 0.4) is 0 Å². The van der Waals surface area contributed by atoms with Crippen molar-refractivity contribution in [3.8, 4) is 0 Å². The summed E-state index contributed by atoms with van der Waals surface area (Å²) < 4.78 is 0. The molecule has 1 saturated carbocycles. The van der Waals surface area contributed by atoms with Crippen molar-refractivity contribution in [3.63, 3.8) is 0 Å². The zero-order chi connectivity index (χ0) is 16.9. The summed E-state index contributed by atoms with van der Waals surface area (Å²) >= 11 is 0. The average Bonchev–Trinajstić information content (AvgIpc) is 2.61. The second-order valence-corrected chi connectivity index (χ2v) is 7.03. The number of carbonyl (C=O) groups excluding carboxylic acids is 2. The van der Waals surface area contributed by atoms with Crippen LogP contribution in [0.5, 0.6) is 0 Å². The number of carbonyl (C=O) groups is 2. The van der Waals surface area contributed by atoms with Gasteiger partial charge >= 0.3 is 0 Å². The molecular weight excluding hydrogens is 302 g/mol. The highest BCUT2D eigenvalue weighted by Gasteiger charge is 2.31. The fourth-order valence-electron chi connectivity index (χ4n) is 4.07. The summed E-state index contributed by atoms with van der Waals surface area (Å²) in [7, 11) is 1.60. The van der Waals surface area contributed by atoms with E-state index in [1.165, 1.54) is 32.1 Å². The van der Waals surface area contributed by atoms with Crippen molar-refractivity contribution in [3.05, 3.63) is 29.8 Å². The minimum atomic E-state index is -0.122. The molecule has 1 aliphatic heterocycles. The number of anilines is 1. The molecule has 0 radical (unpaired) electrons. The van der Waals surface area contributed by atoms with Gasteiger partial charge in [-0.05, 0) is 55.5 Å². The maximum absolute atomic E-state index is 12.3. The molecule has 1 aromatic carbocycles.